The Kier molecular flexibility index (Phi) is 7.67. The SMILES string of the molecule is COc1cc2nc(C)nc(NCc3cccc(C(F)(F)F)n3)c2cc1OCC1CN([SH]=O)CCO1. The van der Waals surface area contributed by atoms with Gasteiger partial charge >= 0.3 is 6.18 Å². The molecule has 3 heterocycles. The van der Waals surface area contributed by atoms with Crippen LogP contribution in [0.15, 0.2) is 30.3 Å². The van der Waals surface area contributed by atoms with Crippen molar-refractivity contribution in [3.8, 4) is 11.5 Å². The second kappa shape index (κ2) is 10.7. The van der Waals surface area contributed by atoms with Crippen molar-refractivity contribution in [2.45, 2.75) is 25.7 Å². The highest BCUT2D eigenvalue weighted by atomic mass is 32.2. The number of nitrogens with one attached hydrogen (secondary N) is 1. The van der Waals surface area contributed by atoms with Gasteiger partial charge in [0.05, 0.1) is 43.3 Å². The highest BCUT2D eigenvalue weighted by Crippen LogP contribution is 2.35. The smallest absolute Gasteiger partial charge is 0.433 e. The number of nitrogens with zero attached hydrogens (tertiary/aromatic N) is 4. The molecule has 2 aromatic heterocycles. The standard InChI is InChI=1S/C22H24F3N5O4S/c1-13-27-17-9-18(32-2)19(34-12-15-11-30(35-31)6-7-33-15)8-16(17)21(28-13)26-10-14-4-3-5-20(29-14)22(23,24)25/h3-5,8-9,15,35H,6-7,10-12H2,1-2H3,(H,26,27,28). The maximum Gasteiger partial charge on any atom is 0.433 e. The molecule has 9 nitrogen and oxygen atoms in total. The summed E-state index contributed by atoms with van der Waals surface area (Å²) in [5.41, 5.74) is -0.168. The van der Waals surface area contributed by atoms with Crippen LogP contribution in [-0.2, 0) is 29.3 Å². The quantitative estimate of drug-likeness (QED) is 0.446. The van der Waals surface area contributed by atoms with Crippen LogP contribution >= 0.6 is 0 Å². The number of alkyl halides is 3. The lowest BCUT2D eigenvalue weighted by molar-refractivity contribution is -0.141. The van der Waals surface area contributed by atoms with Gasteiger partial charge in [-0.25, -0.2) is 23.5 Å². The van der Waals surface area contributed by atoms with Gasteiger partial charge < -0.3 is 19.5 Å². The first-order valence-electron chi connectivity index (χ1n) is 10.7. The van der Waals surface area contributed by atoms with Crippen molar-refractivity contribution >= 4 is 28.6 Å². The zero-order chi connectivity index (χ0) is 25.0. The van der Waals surface area contributed by atoms with Crippen molar-refractivity contribution < 1.29 is 31.6 Å². The van der Waals surface area contributed by atoms with Crippen LogP contribution in [-0.4, -0.2) is 63.0 Å². The Labute approximate surface area is 203 Å². The number of pyridine rings is 1. The molecule has 35 heavy (non-hydrogen) atoms. The van der Waals surface area contributed by atoms with Crippen molar-refractivity contribution in [2.24, 2.45) is 0 Å². The van der Waals surface area contributed by atoms with Crippen LogP contribution in [0.4, 0.5) is 19.0 Å². The molecule has 0 radical (unpaired) electrons. The number of hydrogen-bond acceptors (Lipinski definition) is 8. The van der Waals surface area contributed by atoms with E-state index >= 15 is 0 Å². The third-order valence-electron chi connectivity index (χ3n) is 5.28. The van der Waals surface area contributed by atoms with E-state index in [0.717, 1.165) is 6.07 Å². The summed E-state index contributed by atoms with van der Waals surface area (Å²) in [5.74, 6) is 1.77. The molecule has 188 valence electrons. The number of methoxy groups -OCH3 is 1. The molecule has 0 amide bonds. The first kappa shape index (κ1) is 25.1. The van der Waals surface area contributed by atoms with Crippen molar-refractivity contribution in [2.75, 3.05) is 38.7 Å². The number of rotatable bonds is 8. The summed E-state index contributed by atoms with van der Waals surface area (Å²) in [5, 5.41) is 3.66. The fourth-order valence-corrected chi connectivity index (χ4v) is 4.04. The van der Waals surface area contributed by atoms with E-state index in [1.54, 1.807) is 23.4 Å². The predicted molar refractivity (Wildman–Crippen MR) is 124 cm³/mol. The van der Waals surface area contributed by atoms with Crippen LogP contribution in [0.5, 0.6) is 11.5 Å². The Bertz CT molecular complexity index is 1210. The Morgan fingerprint density at radius 2 is 2.06 bits per heavy atom. The molecule has 4 rings (SSSR count). The second-order valence-corrected chi connectivity index (χ2v) is 8.53. The molecule has 1 aromatic carbocycles. The number of aryl methyl sites for hydroxylation is 1. The monoisotopic (exact) mass is 511 g/mol. The molecule has 13 heteroatoms. The molecule has 1 unspecified atom stereocenters. The number of anilines is 1. The van der Waals surface area contributed by atoms with Gasteiger partial charge in [0.25, 0.3) is 0 Å². The van der Waals surface area contributed by atoms with E-state index < -0.39 is 11.9 Å². The van der Waals surface area contributed by atoms with Crippen molar-refractivity contribution in [3.63, 3.8) is 0 Å². The molecule has 1 N–H and O–H groups in total. The fraction of sp³-hybridized carbons (Fsp3) is 0.409. The van der Waals surface area contributed by atoms with Gasteiger partial charge in [-0.05, 0) is 25.1 Å². The molecule has 1 atom stereocenters. The third-order valence-corrected chi connectivity index (χ3v) is 5.88. The van der Waals surface area contributed by atoms with Gasteiger partial charge in [-0.15, -0.1) is 0 Å². The molecule has 0 aliphatic carbocycles. The normalized spacial score (nSPS) is 16.9. The van der Waals surface area contributed by atoms with Crippen LogP contribution in [0, 0.1) is 6.92 Å². The van der Waals surface area contributed by atoms with Gasteiger partial charge in [-0.3, -0.25) is 0 Å². The Morgan fingerprint density at radius 1 is 1.23 bits per heavy atom. The number of aromatic nitrogens is 3. The number of fused-ring (bicyclic) bond motifs is 1. The number of ether oxygens (including phenoxy) is 3. The summed E-state index contributed by atoms with van der Waals surface area (Å²) in [6, 6.07) is 7.16. The second-order valence-electron chi connectivity index (χ2n) is 7.80. The summed E-state index contributed by atoms with van der Waals surface area (Å²) in [4.78, 5) is 12.5. The maximum absolute atomic E-state index is 13.0. The van der Waals surface area contributed by atoms with Crippen LogP contribution in [0.3, 0.4) is 0 Å². The van der Waals surface area contributed by atoms with Gasteiger partial charge in [-0.2, -0.15) is 13.2 Å². The molecule has 1 aliphatic heterocycles. The number of halogens is 3. The Hall–Kier alpha value is -3.03. The van der Waals surface area contributed by atoms with Crippen LogP contribution < -0.4 is 14.8 Å². The molecule has 0 bridgehead atoms. The van der Waals surface area contributed by atoms with Gasteiger partial charge in [-0.1, -0.05) is 6.07 Å². The van der Waals surface area contributed by atoms with Gasteiger partial charge in [0, 0.05) is 24.5 Å². The van der Waals surface area contributed by atoms with E-state index in [9.17, 15) is 17.4 Å². The van der Waals surface area contributed by atoms with Gasteiger partial charge in [0.1, 0.15) is 30.0 Å². The first-order valence-corrected chi connectivity index (χ1v) is 11.5. The van der Waals surface area contributed by atoms with Crippen LogP contribution in [0.25, 0.3) is 10.9 Å². The van der Waals surface area contributed by atoms with Crippen LogP contribution in [0.2, 0.25) is 0 Å². The van der Waals surface area contributed by atoms with E-state index in [4.69, 9.17) is 14.2 Å². The average molecular weight is 512 g/mol. The van der Waals surface area contributed by atoms with Gasteiger partial charge in [0.15, 0.2) is 11.5 Å². The Morgan fingerprint density at radius 3 is 2.80 bits per heavy atom. The zero-order valence-electron chi connectivity index (χ0n) is 19.0. The van der Waals surface area contributed by atoms with Gasteiger partial charge in [0.2, 0.25) is 0 Å². The molecular weight excluding hydrogens is 487 g/mol. The summed E-state index contributed by atoms with van der Waals surface area (Å²) >= 11 is -0.0598. The van der Waals surface area contributed by atoms with Crippen molar-refractivity contribution in [3.05, 3.63) is 47.5 Å². The largest absolute Gasteiger partial charge is 0.493 e. The van der Waals surface area contributed by atoms with E-state index in [0.29, 0.717) is 53.7 Å². The highest BCUT2D eigenvalue weighted by molar-refractivity contribution is 7.63. The third kappa shape index (κ3) is 6.16. The first-order chi connectivity index (χ1) is 16.8. The minimum absolute atomic E-state index is 0.0257. The molecular formula is C22H24F3N5O4S. The average Bonchev–Trinajstić information content (AvgIpc) is 2.85. The molecule has 3 aromatic rings. The summed E-state index contributed by atoms with van der Waals surface area (Å²) in [6.07, 6.45) is -4.80. The lowest BCUT2D eigenvalue weighted by atomic mass is 10.2. The highest BCUT2D eigenvalue weighted by Gasteiger charge is 2.32. The molecule has 1 fully saturated rings. The summed E-state index contributed by atoms with van der Waals surface area (Å²) in [7, 11) is 1.51. The predicted octanol–water partition coefficient (Wildman–Crippen LogP) is 2.91. The molecule has 0 spiro atoms. The lowest BCUT2D eigenvalue weighted by Crippen LogP contribution is -2.42. The zero-order valence-corrected chi connectivity index (χ0v) is 19.9. The van der Waals surface area contributed by atoms with E-state index in [1.807, 2.05) is 0 Å². The van der Waals surface area contributed by atoms with Crippen molar-refractivity contribution in [1.29, 1.82) is 0 Å². The Balaban J connectivity index is 1.57. The molecule has 1 aliphatic rings. The minimum atomic E-state index is -4.52. The topological polar surface area (TPSA) is 98.7 Å². The summed E-state index contributed by atoms with van der Waals surface area (Å²) < 4.78 is 69.0. The molecule has 0 saturated carbocycles. The van der Waals surface area contributed by atoms with Crippen LogP contribution in [0.1, 0.15) is 17.2 Å². The lowest BCUT2D eigenvalue weighted by Gasteiger charge is -2.28. The number of morpholine rings is 1. The fourth-order valence-electron chi connectivity index (χ4n) is 3.63. The maximum atomic E-state index is 13.0. The van der Waals surface area contributed by atoms with E-state index in [-0.39, 0.29) is 36.8 Å². The minimum Gasteiger partial charge on any atom is -0.493 e. The van der Waals surface area contributed by atoms with E-state index in [2.05, 4.69) is 20.3 Å². The van der Waals surface area contributed by atoms with E-state index in [1.165, 1.54) is 19.2 Å². The number of hydrogen-bond donors (Lipinski definition) is 2. The molecule has 1 saturated heterocycles. The number of benzene rings is 1. The summed E-state index contributed by atoms with van der Waals surface area (Å²) in [6.45, 7) is 3.43. The number of thiol groups is 1. The van der Waals surface area contributed by atoms with Crippen molar-refractivity contribution in [1.82, 2.24) is 19.3 Å².